The number of anilines is 2. The zero-order valence-corrected chi connectivity index (χ0v) is 21.8. The van der Waals surface area contributed by atoms with Gasteiger partial charge in [-0.25, -0.2) is 8.42 Å². The van der Waals surface area contributed by atoms with Crippen molar-refractivity contribution in [2.24, 2.45) is 0 Å². The van der Waals surface area contributed by atoms with E-state index in [1.54, 1.807) is 18.2 Å². The quantitative estimate of drug-likeness (QED) is 0.274. The number of aryl methyl sites for hydroxylation is 1. The van der Waals surface area contributed by atoms with Crippen LogP contribution in [0.2, 0.25) is 0 Å². The van der Waals surface area contributed by atoms with E-state index in [-0.39, 0.29) is 17.4 Å². The van der Waals surface area contributed by atoms with E-state index in [4.69, 9.17) is 4.74 Å². The van der Waals surface area contributed by atoms with Gasteiger partial charge in [0, 0.05) is 29.0 Å². The van der Waals surface area contributed by atoms with Crippen LogP contribution in [0.1, 0.15) is 24.5 Å². The van der Waals surface area contributed by atoms with Crippen LogP contribution in [-0.4, -0.2) is 32.6 Å². The molecule has 4 rings (SSSR count). The summed E-state index contributed by atoms with van der Waals surface area (Å²) in [6.07, 6.45) is -0.0357. The average Bonchev–Trinajstić information content (AvgIpc) is 2.88. The summed E-state index contributed by atoms with van der Waals surface area (Å²) < 4.78 is 34.1. The Labute approximate surface area is 217 Å². The molecule has 0 aliphatic rings. The Bertz CT molecular complexity index is 1500. The molecule has 0 unspecified atom stereocenters. The molecule has 192 valence electrons. The smallest absolute Gasteiger partial charge is 0.305 e. The number of nitrogens with one attached hydrogen (secondary N) is 1. The van der Waals surface area contributed by atoms with E-state index in [2.05, 4.69) is 9.62 Å². The zero-order valence-electron chi connectivity index (χ0n) is 21.0. The molecule has 4 aromatic rings. The lowest BCUT2D eigenvalue weighted by molar-refractivity contribution is -0.137. The topological polar surface area (TPSA) is 95.9 Å². The molecule has 0 aliphatic heterocycles. The van der Waals surface area contributed by atoms with Crippen molar-refractivity contribution in [3.8, 4) is 5.75 Å². The van der Waals surface area contributed by atoms with Gasteiger partial charge in [-0.15, -0.1) is 0 Å². The average molecular weight is 519 g/mol. The van der Waals surface area contributed by atoms with Gasteiger partial charge in [0.15, 0.2) is 0 Å². The van der Waals surface area contributed by atoms with Crippen LogP contribution in [0.25, 0.3) is 10.8 Å². The number of hydrogen-bond acceptors (Lipinski definition) is 5. The van der Waals surface area contributed by atoms with Gasteiger partial charge in [-0.2, -0.15) is 0 Å². The first kappa shape index (κ1) is 26.0. The molecule has 0 radical (unpaired) electrons. The molecule has 8 heteroatoms. The molecule has 2 N–H and O–H groups in total. The van der Waals surface area contributed by atoms with Gasteiger partial charge in [-0.3, -0.25) is 9.52 Å². The third-order valence-electron chi connectivity index (χ3n) is 6.30. The fourth-order valence-corrected chi connectivity index (χ4v) is 5.39. The molecule has 0 saturated heterocycles. The highest BCUT2D eigenvalue weighted by Crippen LogP contribution is 2.35. The van der Waals surface area contributed by atoms with Gasteiger partial charge in [0.1, 0.15) is 5.75 Å². The summed E-state index contributed by atoms with van der Waals surface area (Å²) in [6.45, 7) is 4.42. The van der Waals surface area contributed by atoms with Gasteiger partial charge < -0.3 is 14.7 Å². The Morgan fingerprint density at radius 2 is 1.59 bits per heavy atom. The number of fused-ring (bicyclic) bond motifs is 1. The Morgan fingerprint density at radius 3 is 2.22 bits per heavy atom. The van der Waals surface area contributed by atoms with Gasteiger partial charge in [0.2, 0.25) is 0 Å². The maximum atomic E-state index is 13.1. The lowest BCUT2D eigenvalue weighted by Crippen LogP contribution is -2.34. The third kappa shape index (κ3) is 6.03. The Kier molecular flexibility index (Phi) is 7.69. The van der Waals surface area contributed by atoms with E-state index in [1.165, 1.54) is 19.2 Å². The number of carboxylic acids is 1. The van der Waals surface area contributed by atoms with Crippen molar-refractivity contribution in [3.63, 3.8) is 0 Å². The number of carboxylic acid groups (broad SMARTS) is 1. The summed E-state index contributed by atoms with van der Waals surface area (Å²) in [6, 6.07) is 25.1. The van der Waals surface area contributed by atoms with E-state index >= 15 is 0 Å². The first-order valence-corrected chi connectivity index (χ1v) is 13.4. The van der Waals surface area contributed by atoms with Crippen LogP contribution in [0.15, 0.2) is 89.8 Å². The number of aliphatic carboxylic acids is 1. The number of carbonyl (C=O) groups is 1. The summed E-state index contributed by atoms with van der Waals surface area (Å²) in [5.74, 6) is -0.313. The number of ether oxygens (including phenoxy) is 1. The highest BCUT2D eigenvalue weighted by atomic mass is 32.2. The Balaban J connectivity index is 1.75. The summed E-state index contributed by atoms with van der Waals surface area (Å²) in [7, 11) is -2.32. The van der Waals surface area contributed by atoms with Gasteiger partial charge in [-0.1, -0.05) is 54.1 Å². The molecule has 7 nitrogen and oxygen atoms in total. The molecule has 37 heavy (non-hydrogen) atoms. The largest absolute Gasteiger partial charge is 0.497 e. The molecule has 0 spiro atoms. The van der Waals surface area contributed by atoms with Crippen LogP contribution in [0.5, 0.6) is 5.75 Å². The highest BCUT2D eigenvalue weighted by molar-refractivity contribution is 7.92. The fourth-order valence-electron chi connectivity index (χ4n) is 4.31. The van der Waals surface area contributed by atoms with E-state index < -0.39 is 16.0 Å². The van der Waals surface area contributed by atoms with Crippen LogP contribution in [0, 0.1) is 6.92 Å². The minimum Gasteiger partial charge on any atom is -0.497 e. The zero-order chi connectivity index (χ0) is 26.6. The second-order valence-corrected chi connectivity index (χ2v) is 10.7. The molecule has 0 aliphatic carbocycles. The lowest BCUT2D eigenvalue weighted by atomic mass is 10.0. The Hall–Kier alpha value is -4.04. The normalized spacial score (nSPS) is 12.2. The number of methoxy groups -OCH3 is 1. The van der Waals surface area contributed by atoms with Crippen molar-refractivity contribution in [1.82, 2.24) is 0 Å². The van der Waals surface area contributed by atoms with Crippen LogP contribution < -0.4 is 14.4 Å². The molecular weight excluding hydrogens is 488 g/mol. The van der Waals surface area contributed by atoms with Crippen LogP contribution >= 0.6 is 0 Å². The van der Waals surface area contributed by atoms with E-state index in [9.17, 15) is 18.3 Å². The van der Waals surface area contributed by atoms with Crippen molar-refractivity contribution < 1.29 is 23.1 Å². The maximum Gasteiger partial charge on any atom is 0.305 e. The molecule has 1 atom stereocenters. The number of rotatable bonds is 10. The number of hydrogen-bond donors (Lipinski definition) is 2. The summed E-state index contributed by atoms with van der Waals surface area (Å²) in [5.41, 5.74) is 3.47. The SMILES string of the molecule is COc1ccc(S(=O)(=O)Nc2ccc(N(Cc3ccc(C)cc3)[C@@H](C)CC(=O)O)c3ccccc23)cc1. The molecule has 4 aromatic carbocycles. The molecule has 0 amide bonds. The van der Waals surface area contributed by atoms with Crippen molar-refractivity contribution in [3.05, 3.63) is 96.1 Å². The van der Waals surface area contributed by atoms with Crippen LogP contribution in [0.4, 0.5) is 11.4 Å². The van der Waals surface area contributed by atoms with Crippen molar-refractivity contribution >= 4 is 38.1 Å². The third-order valence-corrected chi connectivity index (χ3v) is 7.68. The predicted molar refractivity (Wildman–Crippen MR) is 147 cm³/mol. The fraction of sp³-hybridized carbons (Fsp3) is 0.207. The molecule has 0 fully saturated rings. The van der Waals surface area contributed by atoms with Crippen LogP contribution in [-0.2, 0) is 21.4 Å². The van der Waals surface area contributed by atoms with Gasteiger partial charge in [0.25, 0.3) is 10.0 Å². The van der Waals surface area contributed by atoms with E-state index in [1.807, 2.05) is 68.4 Å². The summed E-state index contributed by atoms with van der Waals surface area (Å²) >= 11 is 0. The lowest BCUT2D eigenvalue weighted by Gasteiger charge is -2.32. The number of benzene rings is 4. The highest BCUT2D eigenvalue weighted by Gasteiger charge is 2.22. The van der Waals surface area contributed by atoms with Crippen molar-refractivity contribution in [2.75, 3.05) is 16.7 Å². The van der Waals surface area contributed by atoms with Crippen molar-refractivity contribution in [1.29, 1.82) is 0 Å². The number of sulfonamides is 1. The second kappa shape index (κ2) is 10.9. The molecule has 0 heterocycles. The molecule has 0 aromatic heterocycles. The second-order valence-electron chi connectivity index (χ2n) is 9.02. The van der Waals surface area contributed by atoms with Gasteiger partial charge in [0.05, 0.1) is 24.1 Å². The maximum absolute atomic E-state index is 13.1. The van der Waals surface area contributed by atoms with Crippen LogP contribution in [0.3, 0.4) is 0 Å². The molecule has 0 bridgehead atoms. The number of nitrogens with zero attached hydrogens (tertiary/aromatic N) is 1. The summed E-state index contributed by atoms with van der Waals surface area (Å²) in [5, 5.41) is 11.0. The molecule has 0 saturated carbocycles. The predicted octanol–water partition coefficient (Wildman–Crippen LogP) is 5.83. The minimum absolute atomic E-state index is 0.0357. The monoisotopic (exact) mass is 518 g/mol. The first-order valence-electron chi connectivity index (χ1n) is 11.9. The van der Waals surface area contributed by atoms with Gasteiger partial charge >= 0.3 is 5.97 Å². The standard InChI is InChI=1S/C29H30N2O5S/c1-20-8-10-22(11-9-20)19-31(21(2)18-29(32)33)28-17-16-27(25-6-4-5-7-26(25)28)30-37(34,35)24-14-12-23(36-3)13-15-24/h4-17,21,30H,18-19H2,1-3H3,(H,32,33)/t21-/m0/s1. The molecular formula is C29H30N2O5S. The van der Waals surface area contributed by atoms with Crippen molar-refractivity contribution in [2.45, 2.75) is 37.8 Å². The summed E-state index contributed by atoms with van der Waals surface area (Å²) in [4.78, 5) is 13.8. The Morgan fingerprint density at radius 1 is 0.946 bits per heavy atom. The minimum atomic E-state index is -3.84. The first-order chi connectivity index (χ1) is 17.7. The van der Waals surface area contributed by atoms with E-state index in [0.717, 1.165) is 22.2 Å². The van der Waals surface area contributed by atoms with E-state index in [0.29, 0.717) is 23.4 Å². The van der Waals surface area contributed by atoms with Gasteiger partial charge in [-0.05, 0) is 55.8 Å².